The summed E-state index contributed by atoms with van der Waals surface area (Å²) in [6.07, 6.45) is -3.15. The van der Waals surface area contributed by atoms with Crippen LogP contribution >= 0.6 is 11.6 Å². The first kappa shape index (κ1) is 14.4. The molecule has 20 heavy (non-hydrogen) atoms. The van der Waals surface area contributed by atoms with Crippen LogP contribution in [0.15, 0.2) is 24.4 Å². The number of alkyl halides is 3. The van der Waals surface area contributed by atoms with Crippen molar-refractivity contribution in [2.75, 3.05) is 11.1 Å². The van der Waals surface area contributed by atoms with E-state index in [-0.39, 0.29) is 28.0 Å². The second-order valence-corrected chi connectivity index (χ2v) is 4.48. The van der Waals surface area contributed by atoms with Gasteiger partial charge in [-0.05, 0) is 24.6 Å². The van der Waals surface area contributed by atoms with Crippen LogP contribution in [0.2, 0.25) is 5.02 Å². The number of rotatable bonds is 2. The summed E-state index contributed by atoms with van der Waals surface area (Å²) in [5.74, 6) is 0.121. The SMILES string of the molecule is Cc1ccc(Nc2nc(N)ncc2Cl)cc1C(F)(F)F. The fraction of sp³-hybridized carbons (Fsp3) is 0.167. The van der Waals surface area contributed by atoms with Crippen molar-refractivity contribution < 1.29 is 13.2 Å². The summed E-state index contributed by atoms with van der Waals surface area (Å²) in [6, 6.07) is 3.85. The molecule has 0 aliphatic carbocycles. The number of anilines is 3. The highest BCUT2D eigenvalue weighted by molar-refractivity contribution is 6.32. The van der Waals surface area contributed by atoms with Crippen LogP contribution in [-0.4, -0.2) is 9.97 Å². The van der Waals surface area contributed by atoms with Crippen LogP contribution in [0.1, 0.15) is 11.1 Å². The molecule has 3 N–H and O–H groups in total. The topological polar surface area (TPSA) is 63.8 Å². The Kier molecular flexibility index (Phi) is 3.71. The summed E-state index contributed by atoms with van der Waals surface area (Å²) in [4.78, 5) is 7.49. The second kappa shape index (κ2) is 5.16. The minimum atomic E-state index is -4.42. The highest BCUT2D eigenvalue weighted by Crippen LogP contribution is 2.34. The van der Waals surface area contributed by atoms with Gasteiger partial charge in [0.1, 0.15) is 5.02 Å². The Morgan fingerprint density at radius 2 is 2.00 bits per heavy atom. The standard InChI is InChI=1S/C12H10ClF3N4/c1-6-2-3-7(4-8(6)12(14,15)16)19-10-9(13)5-18-11(17)20-10/h2-5H,1H3,(H3,17,18,19,20). The van der Waals surface area contributed by atoms with E-state index in [4.69, 9.17) is 17.3 Å². The van der Waals surface area contributed by atoms with Crippen LogP contribution < -0.4 is 11.1 Å². The van der Waals surface area contributed by atoms with Crippen LogP contribution in [0, 0.1) is 6.92 Å². The van der Waals surface area contributed by atoms with Gasteiger partial charge in [0, 0.05) is 5.69 Å². The van der Waals surface area contributed by atoms with Crippen molar-refractivity contribution in [3.63, 3.8) is 0 Å². The van der Waals surface area contributed by atoms with Gasteiger partial charge in [0.2, 0.25) is 5.95 Å². The molecule has 2 rings (SSSR count). The molecule has 0 fully saturated rings. The first-order chi connectivity index (χ1) is 9.27. The molecule has 8 heteroatoms. The fourth-order valence-electron chi connectivity index (χ4n) is 1.61. The van der Waals surface area contributed by atoms with Gasteiger partial charge in [0.15, 0.2) is 5.82 Å². The Bertz CT molecular complexity index is 643. The molecule has 0 bridgehead atoms. The van der Waals surface area contributed by atoms with E-state index in [1.54, 1.807) is 0 Å². The lowest BCUT2D eigenvalue weighted by Gasteiger charge is -2.13. The van der Waals surface area contributed by atoms with Crippen molar-refractivity contribution >= 4 is 29.1 Å². The number of halogens is 4. The molecule has 0 unspecified atom stereocenters. The van der Waals surface area contributed by atoms with Gasteiger partial charge in [0.25, 0.3) is 0 Å². The summed E-state index contributed by atoms with van der Waals surface area (Å²) < 4.78 is 38.4. The van der Waals surface area contributed by atoms with Crippen LogP contribution in [0.4, 0.5) is 30.6 Å². The van der Waals surface area contributed by atoms with Crippen LogP contribution in [0.5, 0.6) is 0 Å². The molecular formula is C12H10ClF3N4. The summed E-state index contributed by atoms with van der Waals surface area (Å²) in [5.41, 5.74) is 5.03. The molecule has 0 aliphatic heterocycles. The smallest absolute Gasteiger partial charge is 0.368 e. The van der Waals surface area contributed by atoms with E-state index in [0.29, 0.717) is 0 Å². The first-order valence-corrected chi connectivity index (χ1v) is 5.88. The maximum atomic E-state index is 12.8. The Morgan fingerprint density at radius 3 is 2.65 bits per heavy atom. The first-order valence-electron chi connectivity index (χ1n) is 5.50. The average molecular weight is 303 g/mol. The molecule has 0 radical (unpaired) electrons. The van der Waals surface area contributed by atoms with Crippen molar-refractivity contribution in [2.24, 2.45) is 0 Å². The fourth-order valence-corrected chi connectivity index (χ4v) is 1.75. The maximum absolute atomic E-state index is 12.8. The molecule has 0 saturated carbocycles. The number of nitrogens with zero attached hydrogens (tertiary/aromatic N) is 2. The number of aromatic nitrogens is 2. The zero-order valence-electron chi connectivity index (χ0n) is 10.3. The molecular weight excluding hydrogens is 293 g/mol. The summed E-state index contributed by atoms with van der Waals surface area (Å²) >= 11 is 5.84. The highest BCUT2D eigenvalue weighted by atomic mass is 35.5. The third-order valence-corrected chi connectivity index (χ3v) is 2.85. The summed E-state index contributed by atoms with van der Waals surface area (Å²) in [6.45, 7) is 1.39. The molecule has 4 nitrogen and oxygen atoms in total. The van der Waals surface area contributed by atoms with Gasteiger partial charge >= 0.3 is 6.18 Å². The molecule has 1 aromatic carbocycles. The number of hydrogen-bond acceptors (Lipinski definition) is 4. The van der Waals surface area contributed by atoms with Crippen LogP contribution in [0.3, 0.4) is 0 Å². The van der Waals surface area contributed by atoms with Gasteiger partial charge in [0.05, 0.1) is 11.8 Å². The van der Waals surface area contributed by atoms with Gasteiger partial charge in [-0.1, -0.05) is 17.7 Å². The van der Waals surface area contributed by atoms with Crippen LogP contribution in [0.25, 0.3) is 0 Å². The van der Waals surface area contributed by atoms with Gasteiger partial charge in [-0.2, -0.15) is 18.2 Å². The number of nitrogens with two attached hydrogens (primary N) is 1. The van der Waals surface area contributed by atoms with Crippen molar-refractivity contribution in [1.82, 2.24) is 9.97 Å². The third-order valence-electron chi connectivity index (χ3n) is 2.57. The largest absolute Gasteiger partial charge is 0.416 e. The van der Waals surface area contributed by atoms with Crippen molar-refractivity contribution in [3.8, 4) is 0 Å². The van der Waals surface area contributed by atoms with E-state index >= 15 is 0 Å². The third kappa shape index (κ3) is 3.11. The molecule has 0 atom stereocenters. The van der Waals surface area contributed by atoms with Gasteiger partial charge in [-0.3, -0.25) is 0 Å². The number of nitrogens with one attached hydrogen (secondary N) is 1. The Hall–Kier alpha value is -2.02. The van der Waals surface area contributed by atoms with Crippen molar-refractivity contribution in [3.05, 3.63) is 40.5 Å². The van der Waals surface area contributed by atoms with E-state index in [1.807, 2.05) is 0 Å². The molecule has 106 valence electrons. The minimum absolute atomic E-state index is 0.0277. The van der Waals surface area contributed by atoms with Crippen molar-refractivity contribution in [2.45, 2.75) is 13.1 Å². The lowest BCUT2D eigenvalue weighted by Crippen LogP contribution is -2.08. The van der Waals surface area contributed by atoms with E-state index in [2.05, 4.69) is 15.3 Å². The number of aryl methyl sites for hydroxylation is 1. The normalized spacial score (nSPS) is 11.4. The van der Waals surface area contributed by atoms with E-state index in [1.165, 1.54) is 25.3 Å². The predicted molar refractivity (Wildman–Crippen MR) is 70.9 cm³/mol. The predicted octanol–water partition coefficient (Wildman–Crippen LogP) is 3.78. The van der Waals surface area contributed by atoms with Gasteiger partial charge < -0.3 is 11.1 Å². The quantitative estimate of drug-likeness (QED) is 0.886. The number of nitrogen functional groups attached to an aromatic ring is 1. The molecule has 1 heterocycles. The number of benzene rings is 1. The van der Waals surface area contributed by atoms with E-state index in [9.17, 15) is 13.2 Å². The zero-order chi connectivity index (χ0) is 14.9. The molecule has 0 saturated heterocycles. The average Bonchev–Trinajstić information content (AvgIpc) is 2.35. The Morgan fingerprint density at radius 1 is 1.30 bits per heavy atom. The molecule has 0 aliphatic rings. The molecule has 1 aromatic heterocycles. The monoisotopic (exact) mass is 302 g/mol. The Labute approximate surface area is 117 Å². The maximum Gasteiger partial charge on any atom is 0.416 e. The van der Waals surface area contributed by atoms with E-state index in [0.717, 1.165) is 6.07 Å². The van der Waals surface area contributed by atoms with Gasteiger partial charge in [-0.15, -0.1) is 0 Å². The lowest BCUT2D eigenvalue weighted by atomic mass is 10.1. The molecule has 2 aromatic rings. The highest BCUT2D eigenvalue weighted by Gasteiger charge is 2.32. The second-order valence-electron chi connectivity index (χ2n) is 4.08. The van der Waals surface area contributed by atoms with Crippen molar-refractivity contribution in [1.29, 1.82) is 0 Å². The summed E-state index contributed by atoms with van der Waals surface area (Å²) in [5, 5.41) is 2.85. The Balaban J connectivity index is 2.37. The molecule has 0 spiro atoms. The lowest BCUT2D eigenvalue weighted by molar-refractivity contribution is -0.138. The summed E-state index contributed by atoms with van der Waals surface area (Å²) in [7, 11) is 0. The number of hydrogen-bond donors (Lipinski definition) is 2. The van der Waals surface area contributed by atoms with Gasteiger partial charge in [-0.25, -0.2) is 4.98 Å². The minimum Gasteiger partial charge on any atom is -0.368 e. The zero-order valence-corrected chi connectivity index (χ0v) is 11.0. The van der Waals surface area contributed by atoms with E-state index < -0.39 is 11.7 Å². The van der Waals surface area contributed by atoms with Crippen LogP contribution in [-0.2, 0) is 6.18 Å². The molecule has 0 amide bonds.